The fourth-order valence-corrected chi connectivity index (χ4v) is 3.96. The molecule has 1 heterocycles. The topological polar surface area (TPSA) is 55.1 Å². The second-order valence-corrected chi connectivity index (χ2v) is 7.43. The molecule has 0 spiro atoms. The Morgan fingerprint density at radius 3 is 2.60 bits per heavy atom. The average molecular weight is 340 g/mol. The molecule has 0 aliphatic heterocycles. The predicted molar refractivity (Wildman–Crippen MR) is 98.7 cm³/mol. The summed E-state index contributed by atoms with van der Waals surface area (Å²) >= 11 is 0. The summed E-state index contributed by atoms with van der Waals surface area (Å²) in [6, 6.07) is 10.6. The molecule has 1 aromatic carbocycles. The van der Waals surface area contributed by atoms with Gasteiger partial charge in [-0.15, -0.1) is 0 Å². The number of carbonyl (C=O) groups excluding carboxylic acids is 1. The van der Waals surface area contributed by atoms with Crippen molar-refractivity contribution < 1.29 is 9.32 Å². The molecule has 4 heteroatoms. The summed E-state index contributed by atoms with van der Waals surface area (Å²) in [5.74, 6) is 1.37. The molecule has 2 aromatic rings. The molecule has 134 valence electrons. The van der Waals surface area contributed by atoms with E-state index in [-0.39, 0.29) is 11.3 Å². The molecule has 1 fully saturated rings. The van der Waals surface area contributed by atoms with Crippen molar-refractivity contribution in [3.05, 3.63) is 52.9 Å². The number of hydrogen-bond acceptors (Lipinski definition) is 3. The van der Waals surface area contributed by atoms with Crippen LogP contribution in [0.4, 0.5) is 0 Å². The highest BCUT2D eigenvalue weighted by molar-refractivity contribution is 5.96. The van der Waals surface area contributed by atoms with Gasteiger partial charge in [-0.3, -0.25) is 4.79 Å². The number of aryl methyl sites for hydroxylation is 2. The molecule has 1 aromatic heterocycles. The monoisotopic (exact) mass is 340 g/mol. The molecule has 1 amide bonds. The second kappa shape index (κ2) is 7.42. The summed E-state index contributed by atoms with van der Waals surface area (Å²) in [5.41, 5.74) is 2.64. The summed E-state index contributed by atoms with van der Waals surface area (Å²) in [6.45, 7) is 6.79. The highest BCUT2D eigenvalue weighted by Crippen LogP contribution is 2.41. The maximum atomic E-state index is 12.8. The zero-order valence-corrected chi connectivity index (χ0v) is 15.5. The first kappa shape index (κ1) is 17.7. The molecule has 0 saturated heterocycles. The Labute approximate surface area is 150 Å². The molecular weight excluding hydrogens is 312 g/mol. The molecule has 0 unspecified atom stereocenters. The van der Waals surface area contributed by atoms with Crippen LogP contribution in [0.3, 0.4) is 0 Å². The van der Waals surface area contributed by atoms with Crippen LogP contribution >= 0.6 is 0 Å². The van der Waals surface area contributed by atoms with Crippen molar-refractivity contribution in [2.45, 2.75) is 58.3 Å². The third-order valence-electron chi connectivity index (χ3n) is 5.69. The standard InChI is InChI=1S/C21H28N2O2/c1-4-18-19(16(3)23-25-18)20(24)22-14-21(12-10-15(2)11-13-21)17-8-6-5-7-9-17/h5-9,15H,4,10-14H2,1-3H3,(H,22,24). The van der Waals surface area contributed by atoms with Crippen molar-refractivity contribution in [2.24, 2.45) is 5.92 Å². The van der Waals surface area contributed by atoms with E-state index < -0.39 is 0 Å². The van der Waals surface area contributed by atoms with E-state index in [1.807, 2.05) is 13.8 Å². The Balaban J connectivity index is 1.80. The van der Waals surface area contributed by atoms with Gasteiger partial charge in [0, 0.05) is 18.4 Å². The summed E-state index contributed by atoms with van der Waals surface area (Å²) in [6.07, 6.45) is 5.31. The summed E-state index contributed by atoms with van der Waals surface area (Å²) < 4.78 is 5.27. The van der Waals surface area contributed by atoms with Crippen molar-refractivity contribution in [3.8, 4) is 0 Å². The van der Waals surface area contributed by atoms with E-state index in [1.165, 1.54) is 18.4 Å². The third-order valence-corrected chi connectivity index (χ3v) is 5.69. The maximum absolute atomic E-state index is 12.8. The minimum Gasteiger partial charge on any atom is -0.360 e. The van der Waals surface area contributed by atoms with Crippen LogP contribution in [0.15, 0.2) is 34.9 Å². The Hall–Kier alpha value is -2.10. The zero-order valence-electron chi connectivity index (χ0n) is 15.5. The number of aromatic nitrogens is 1. The quantitative estimate of drug-likeness (QED) is 0.876. The van der Waals surface area contributed by atoms with Gasteiger partial charge >= 0.3 is 0 Å². The van der Waals surface area contributed by atoms with Crippen LogP contribution in [0.2, 0.25) is 0 Å². The number of carbonyl (C=O) groups is 1. The SMILES string of the molecule is CCc1onc(C)c1C(=O)NCC1(c2ccccc2)CCC(C)CC1. The lowest BCUT2D eigenvalue weighted by Gasteiger charge is -2.40. The van der Waals surface area contributed by atoms with E-state index >= 15 is 0 Å². The van der Waals surface area contributed by atoms with E-state index in [0.29, 0.717) is 30.0 Å². The largest absolute Gasteiger partial charge is 0.360 e. The van der Waals surface area contributed by atoms with Gasteiger partial charge in [0.2, 0.25) is 0 Å². The highest BCUT2D eigenvalue weighted by atomic mass is 16.5. The van der Waals surface area contributed by atoms with Gasteiger partial charge in [0.1, 0.15) is 11.3 Å². The van der Waals surface area contributed by atoms with E-state index in [1.54, 1.807) is 0 Å². The van der Waals surface area contributed by atoms with Crippen molar-refractivity contribution in [1.29, 1.82) is 0 Å². The van der Waals surface area contributed by atoms with Gasteiger partial charge in [-0.2, -0.15) is 0 Å². The van der Waals surface area contributed by atoms with Crippen molar-refractivity contribution in [3.63, 3.8) is 0 Å². The first-order valence-electron chi connectivity index (χ1n) is 9.34. The second-order valence-electron chi connectivity index (χ2n) is 7.43. The zero-order chi connectivity index (χ0) is 17.9. The Morgan fingerprint density at radius 2 is 1.96 bits per heavy atom. The molecule has 3 rings (SSSR count). The summed E-state index contributed by atoms with van der Waals surface area (Å²) in [4.78, 5) is 12.8. The van der Waals surface area contributed by atoms with Crippen LogP contribution in [0.25, 0.3) is 0 Å². The molecule has 1 aliphatic carbocycles. The fourth-order valence-electron chi connectivity index (χ4n) is 3.96. The van der Waals surface area contributed by atoms with Crippen molar-refractivity contribution >= 4 is 5.91 Å². The normalized spacial score (nSPS) is 23.4. The van der Waals surface area contributed by atoms with E-state index in [0.717, 1.165) is 18.8 Å². The number of rotatable bonds is 5. The number of nitrogens with one attached hydrogen (secondary N) is 1. The van der Waals surface area contributed by atoms with Crippen LogP contribution in [-0.2, 0) is 11.8 Å². The van der Waals surface area contributed by atoms with Crippen molar-refractivity contribution in [2.75, 3.05) is 6.54 Å². The highest BCUT2D eigenvalue weighted by Gasteiger charge is 2.36. The lowest BCUT2D eigenvalue weighted by molar-refractivity contribution is 0.0931. The lowest BCUT2D eigenvalue weighted by atomic mass is 9.67. The average Bonchev–Trinajstić information content (AvgIpc) is 3.03. The number of hydrogen-bond donors (Lipinski definition) is 1. The van der Waals surface area contributed by atoms with E-state index in [4.69, 9.17) is 4.52 Å². The molecule has 0 atom stereocenters. The van der Waals surface area contributed by atoms with Gasteiger partial charge in [0.15, 0.2) is 0 Å². The molecule has 4 nitrogen and oxygen atoms in total. The summed E-state index contributed by atoms with van der Waals surface area (Å²) in [5, 5.41) is 7.14. The number of benzene rings is 1. The minimum atomic E-state index is -0.0653. The van der Waals surface area contributed by atoms with Crippen LogP contribution < -0.4 is 5.32 Å². The van der Waals surface area contributed by atoms with Crippen LogP contribution in [0, 0.1) is 12.8 Å². The first-order valence-corrected chi connectivity index (χ1v) is 9.34. The third kappa shape index (κ3) is 3.63. The molecule has 25 heavy (non-hydrogen) atoms. The van der Waals surface area contributed by atoms with Gasteiger partial charge in [-0.1, -0.05) is 49.3 Å². The van der Waals surface area contributed by atoms with E-state index in [2.05, 4.69) is 47.7 Å². The van der Waals surface area contributed by atoms with Gasteiger partial charge in [-0.05, 0) is 44.1 Å². The van der Waals surface area contributed by atoms with Gasteiger partial charge in [-0.25, -0.2) is 0 Å². The minimum absolute atomic E-state index is 0.0286. The number of amides is 1. The smallest absolute Gasteiger partial charge is 0.256 e. The Bertz CT molecular complexity index is 713. The Morgan fingerprint density at radius 1 is 1.28 bits per heavy atom. The van der Waals surface area contributed by atoms with E-state index in [9.17, 15) is 4.79 Å². The molecule has 1 N–H and O–H groups in total. The summed E-state index contributed by atoms with van der Waals surface area (Å²) in [7, 11) is 0. The first-order chi connectivity index (χ1) is 12.1. The van der Waals surface area contributed by atoms with Gasteiger partial charge in [0.25, 0.3) is 5.91 Å². The van der Waals surface area contributed by atoms with Gasteiger partial charge in [0.05, 0.1) is 5.69 Å². The molecular formula is C21H28N2O2. The fraction of sp³-hybridized carbons (Fsp3) is 0.524. The van der Waals surface area contributed by atoms with Crippen molar-refractivity contribution in [1.82, 2.24) is 10.5 Å². The molecule has 0 radical (unpaired) electrons. The number of nitrogens with zero attached hydrogens (tertiary/aromatic N) is 1. The molecule has 0 bridgehead atoms. The van der Waals surface area contributed by atoms with Gasteiger partial charge < -0.3 is 9.84 Å². The Kier molecular flexibility index (Phi) is 5.26. The van der Waals surface area contributed by atoms with Crippen LogP contribution in [0.1, 0.15) is 66.9 Å². The molecule has 1 aliphatic rings. The maximum Gasteiger partial charge on any atom is 0.256 e. The predicted octanol–water partition coefficient (Wildman–Crippen LogP) is 4.42. The molecule has 1 saturated carbocycles. The van der Waals surface area contributed by atoms with Crippen LogP contribution in [-0.4, -0.2) is 17.6 Å². The van der Waals surface area contributed by atoms with Crippen LogP contribution in [0.5, 0.6) is 0 Å². The lowest BCUT2D eigenvalue weighted by Crippen LogP contribution is -2.43.